The maximum Gasteiger partial charge on any atom is 0.282 e. The summed E-state index contributed by atoms with van der Waals surface area (Å²) in [6.07, 6.45) is 0.633. The molecule has 2 aliphatic rings. The molecule has 160 valence electrons. The molecule has 1 fully saturated rings. The number of aromatic nitrogens is 2. The molecule has 4 heterocycles. The topological polar surface area (TPSA) is 121 Å². The van der Waals surface area contributed by atoms with Gasteiger partial charge in [0.2, 0.25) is 6.36 Å². The number of nitrogens with zero attached hydrogens (tertiary/aromatic N) is 3. The first-order valence-electron chi connectivity index (χ1n) is 9.48. The zero-order valence-electron chi connectivity index (χ0n) is 16.6. The highest BCUT2D eigenvalue weighted by Crippen LogP contribution is 2.43. The Morgan fingerprint density at radius 1 is 1.53 bits per heavy atom. The van der Waals surface area contributed by atoms with Crippen molar-refractivity contribution in [3.05, 3.63) is 33.9 Å². The zero-order chi connectivity index (χ0) is 21.3. The van der Waals surface area contributed by atoms with Gasteiger partial charge in [-0.25, -0.2) is 19.4 Å². The Labute approximate surface area is 176 Å². The predicted molar refractivity (Wildman–Crippen MR) is 108 cm³/mol. The lowest BCUT2D eigenvalue weighted by Gasteiger charge is -2.41. The molecule has 3 N–H and O–H groups in total. The van der Waals surface area contributed by atoms with Crippen LogP contribution in [0.4, 0.5) is 10.2 Å². The van der Waals surface area contributed by atoms with E-state index in [1.807, 2.05) is 0 Å². The summed E-state index contributed by atoms with van der Waals surface area (Å²) in [6, 6.07) is 1.68. The number of halogens is 1. The molecule has 30 heavy (non-hydrogen) atoms. The van der Waals surface area contributed by atoms with Gasteiger partial charge in [-0.05, 0) is 25.0 Å². The summed E-state index contributed by atoms with van der Waals surface area (Å²) in [5.74, 6) is 0.320. The quantitative estimate of drug-likeness (QED) is 0.739. The number of rotatable bonds is 5. The molecule has 4 rings (SSSR count). The predicted octanol–water partition coefficient (Wildman–Crippen LogP) is 2.37. The molecule has 9 nitrogen and oxygen atoms in total. The monoisotopic (exact) mass is 435 g/mol. The van der Waals surface area contributed by atoms with Crippen LogP contribution < -0.4 is 15.8 Å². The number of nitrogens with two attached hydrogens (primary N) is 1. The SMILES string of the molecule is Cc1cc(OC(C)F)cnc1C(=O)Nc1csc(C23COCCC2COC(N)=N3)n1. The van der Waals surface area contributed by atoms with E-state index in [1.165, 1.54) is 24.5 Å². The summed E-state index contributed by atoms with van der Waals surface area (Å²) >= 11 is 1.38. The highest BCUT2D eigenvalue weighted by molar-refractivity contribution is 7.10. The van der Waals surface area contributed by atoms with Crippen LogP contribution in [-0.4, -0.2) is 48.1 Å². The summed E-state index contributed by atoms with van der Waals surface area (Å²) in [5.41, 5.74) is 5.88. The van der Waals surface area contributed by atoms with E-state index in [4.69, 9.17) is 19.9 Å². The van der Waals surface area contributed by atoms with Gasteiger partial charge in [-0.15, -0.1) is 11.3 Å². The number of alkyl halides is 1. The number of ether oxygens (including phenoxy) is 3. The maximum absolute atomic E-state index is 13.0. The number of anilines is 1. The van der Waals surface area contributed by atoms with E-state index in [0.717, 1.165) is 6.42 Å². The van der Waals surface area contributed by atoms with Crippen LogP contribution >= 0.6 is 11.3 Å². The lowest BCUT2D eigenvalue weighted by Crippen LogP contribution is -2.49. The highest BCUT2D eigenvalue weighted by Gasteiger charge is 2.48. The van der Waals surface area contributed by atoms with Gasteiger partial charge >= 0.3 is 0 Å². The summed E-state index contributed by atoms with van der Waals surface area (Å²) in [7, 11) is 0. The van der Waals surface area contributed by atoms with Crippen LogP contribution in [0.2, 0.25) is 0 Å². The van der Waals surface area contributed by atoms with Crippen molar-refractivity contribution in [1.82, 2.24) is 9.97 Å². The van der Waals surface area contributed by atoms with Gasteiger partial charge in [-0.2, -0.15) is 0 Å². The summed E-state index contributed by atoms with van der Waals surface area (Å²) in [5, 5.41) is 5.20. The summed E-state index contributed by atoms with van der Waals surface area (Å²) in [6.45, 7) is 4.42. The minimum Gasteiger partial charge on any atom is -0.465 e. The Morgan fingerprint density at radius 2 is 2.37 bits per heavy atom. The van der Waals surface area contributed by atoms with E-state index in [2.05, 4.69) is 20.3 Å². The van der Waals surface area contributed by atoms with Crippen molar-refractivity contribution in [2.24, 2.45) is 16.6 Å². The number of pyridine rings is 1. The molecule has 0 aromatic carbocycles. The molecule has 2 aromatic heterocycles. The fraction of sp³-hybridized carbons (Fsp3) is 0.474. The normalized spacial score (nSPS) is 24.2. The van der Waals surface area contributed by atoms with Crippen LogP contribution in [0.25, 0.3) is 0 Å². The number of thiazole rings is 1. The number of aliphatic imine (C=N–C) groups is 1. The number of aryl methyl sites for hydroxylation is 1. The van der Waals surface area contributed by atoms with Crippen molar-refractivity contribution in [3.8, 4) is 5.75 Å². The van der Waals surface area contributed by atoms with Gasteiger partial charge in [-0.1, -0.05) is 0 Å². The van der Waals surface area contributed by atoms with E-state index in [0.29, 0.717) is 36.2 Å². The number of hydrogen-bond donors (Lipinski definition) is 2. The first-order valence-corrected chi connectivity index (χ1v) is 10.4. The minimum absolute atomic E-state index is 0.0996. The average molecular weight is 435 g/mol. The Bertz CT molecular complexity index is 982. The number of amides is 1. The van der Waals surface area contributed by atoms with Crippen molar-refractivity contribution >= 4 is 29.1 Å². The van der Waals surface area contributed by atoms with Crippen molar-refractivity contribution in [2.75, 3.05) is 25.1 Å². The highest BCUT2D eigenvalue weighted by atomic mass is 32.1. The van der Waals surface area contributed by atoms with Gasteiger partial charge in [0, 0.05) is 24.8 Å². The van der Waals surface area contributed by atoms with Gasteiger partial charge in [0.25, 0.3) is 11.9 Å². The van der Waals surface area contributed by atoms with Crippen LogP contribution in [0.3, 0.4) is 0 Å². The third-order valence-corrected chi connectivity index (χ3v) is 6.04. The summed E-state index contributed by atoms with van der Waals surface area (Å²) < 4.78 is 29.0. The number of carbonyl (C=O) groups is 1. The number of amidine groups is 1. The van der Waals surface area contributed by atoms with Gasteiger partial charge in [0.15, 0.2) is 0 Å². The largest absolute Gasteiger partial charge is 0.465 e. The maximum atomic E-state index is 13.0. The lowest BCUT2D eigenvalue weighted by atomic mass is 9.81. The second kappa shape index (κ2) is 8.15. The smallest absolute Gasteiger partial charge is 0.282 e. The molecule has 0 saturated carbocycles. The number of carbonyl (C=O) groups excluding carboxylic acids is 1. The molecule has 3 unspecified atom stereocenters. The van der Waals surface area contributed by atoms with Gasteiger partial charge in [0.05, 0.1) is 19.4 Å². The third kappa shape index (κ3) is 3.94. The number of hydrogen-bond acceptors (Lipinski definition) is 9. The first-order chi connectivity index (χ1) is 14.4. The second-order valence-electron chi connectivity index (χ2n) is 7.21. The zero-order valence-corrected chi connectivity index (χ0v) is 17.4. The van der Waals surface area contributed by atoms with Crippen molar-refractivity contribution in [1.29, 1.82) is 0 Å². The van der Waals surface area contributed by atoms with E-state index >= 15 is 0 Å². The van der Waals surface area contributed by atoms with Crippen molar-refractivity contribution in [3.63, 3.8) is 0 Å². The van der Waals surface area contributed by atoms with Crippen LogP contribution in [0.5, 0.6) is 5.75 Å². The average Bonchev–Trinajstić information content (AvgIpc) is 3.16. The Balaban J connectivity index is 1.53. The van der Waals surface area contributed by atoms with Crippen LogP contribution in [0.15, 0.2) is 22.6 Å². The Hall–Kier alpha value is -2.79. The third-order valence-electron chi connectivity index (χ3n) is 5.03. The Morgan fingerprint density at radius 3 is 3.13 bits per heavy atom. The van der Waals surface area contributed by atoms with E-state index in [-0.39, 0.29) is 23.4 Å². The van der Waals surface area contributed by atoms with Crippen LogP contribution in [-0.2, 0) is 15.0 Å². The molecule has 0 radical (unpaired) electrons. The molecule has 3 atom stereocenters. The van der Waals surface area contributed by atoms with Crippen LogP contribution in [0, 0.1) is 12.8 Å². The van der Waals surface area contributed by atoms with E-state index in [9.17, 15) is 9.18 Å². The van der Waals surface area contributed by atoms with Crippen molar-refractivity contribution in [2.45, 2.75) is 32.2 Å². The van der Waals surface area contributed by atoms with Crippen LogP contribution in [0.1, 0.15) is 34.4 Å². The van der Waals surface area contributed by atoms with Gasteiger partial charge < -0.3 is 25.3 Å². The Kier molecular flexibility index (Phi) is 5.56. The van der Waals surface area contributed by atoms with E-state index < -0.39 is 17.8 Å². The summed E-state index contributed by atoms with van der Waals surface area (Å²) in [4.78, 5) is 25.9. The van der Waals surface area contributed by atoms with Crippen molar-refractivity contribution < 1.29 is 23.4 Å². The number of nitrogens with one attached hydrogen (secondary N) is 1. The minimum atomic E-state index is -1.46. The first kappa shape index (κ1) is 20.5. The molecule has 2 aromatic rings. The second-order valence-corrected chi connectivity index (χ2v) is 8.07. The fourth-order valence-electron chi connectivity index (χ4n) is 3.60. The molecule has 11 heteroatoms. The number of fused-ring (bicyclic) bond motifs is 1. The molecule has 1 amide bonds. The molecule has 0 bridgehead atoms. The standard InChI is InChI=1S/C19H22FN5O4S/c1-10-5-13(29-11(2)20)6-22-15(10)16(26)23-14-8-30-17(24-14)19-9-27-4-3-12(19)7-28-18(21)25-19/h5-6,8,11-12H,3-4,7,9H2,1-2H3,(H2,21,25)(H,23,26). The molecular formula is C19H22FN5O4S. The van der Waals surface area contributed by atoms with Gasteiger partial charge in [0.1, 0.15) is 27.8 Å². The molecule has 0 spiro atoms. The van der Waals surface area contributed by atoms with E-state index in [1.54, 1.807) is 18.4 Å². The molecule has 2 aliphatic heterocycles. The lowest BCUT2D eigenvalue weighted by molar-refractivity contribution is -0.0319. The molecule has 0 aliphatic carbocycles. The molecule has 1 saturated heterocycles. The fourth-order valence-corrected chi connectivity index (χ4v) is 4.56. The molecular weight excluding hydrogens is 413 g/mol. The van der Waals surface area contributed by atoms with Gasteiger partial charge in [-0.3, -0.25) is 4.79 Å².